The summed E-state index contributed by atoms with van der Waals surface area (Å²) in [6.45, 7) is 1.97. The molecule has 1 heterocycles. The maximum atomic E-state index is 5.44. The summed E-state index contributed by atoms with van der Waals surface area (Å²) in [5.74, 6) is 0. The summed E-state index contributed by atoms with van der Waals surface area (Å²) in [5, 5.41) is 3.34. The topological polar surface area (TPSA) is 38.0 Å². The third-order valence-electron chi connectivity index (χ3n) is 1.70. The van der Waals surface area contributed by atoms with E-state index in [-0.39, 0.29) is 24.8 Å². The predicted octanol–water partition coefficient (Wildman–Crippen LogP) is 0.931. The Morgan fingerprint density at radius 1 is 1.30 bits per heavy atom. The van der Waals surface area contributed by atoms with E-state index in [0.717, 1.165) is 6.54 Å². The van der Waals surface area contributed by atoms with Gasteiger partial charge in [-0.25, -0.2) is 0 Å². The highest BCUT2D eigenvalue weighted by atomic mass is 35.5. The SMILES string of the molecule is Cl.Cl.NC[C@@H]1CCCCN1. The van der Waals surface area contributed by atoms with Crippen LogP contribution in [-0.4, -0.2) is 19.1 Å². The van der Waals surface area contributed by atoms with Crippen LogP contribution in [-0.2, 0) is 0 Å². The van der Waals surface area contributed by atoms with E-state index in [9.17, 15) is 0 Å². The van der Waals surface area contributed by atoms with Gasteiger partial charge in [0, 0.05) is 12.6 Å². The summed E-state index contributed by atoms with van der Waals surface area (Å²) in [4.78, 5) is 0. The summed E-state index contributed by atoms with van der Waals surface area (Å²) in [5.41, 5.74) is 5.44. The Labute approximate surface area is 74.8 Å². The number of hydrogen-bond acceptors (Lipinski definition) is 2. The third kappa shape index (κ3) is 4.34. The standard InChI is InChI=1S/C6H14N2.2ClH/c7-5-6-3-1-2-4-8-6;;/h6,8H,1-5,7H2;2*1H/t6-;;/m0../s1. The van der Waals surface area contributed by atoms with Gasteiger partial charge in [-0.05, 0) is 19.4 Å². The number of halogens is 2. The van der Waals surface area contributed by atoms with Crippen LogP contribution in [0.25, 0.3) is 0 Å². The molecule has 1 saturated heterocycles. The second-order valence-corrected chi connectivity index (χ2v) is 2.38. The minimum Gasteiger partial charge on any atom is -0.329 e. The van der Waals surface area contributed by atoms with E-state index < -0.39 is 0 Å². The molecule has 0 aromatic heterocycles. The molecule has 1 atom stereocenters. The quantitative estimate of drug-likeness (QED) is 0.640. The van der Waals surface area contributed by atoms with E-state index in [1.54, 1.807) is 0 Å². The summed E-state index contributed by atoms with van der Waals surface area (Å²) in [7, 11) is 0. The number of piperidine rings is 1. The molecule has 2 nitrogen and oxygen atoms in total. The molecule has 10 heavy (non-hydrogen) atoms. The molecule has 1 aliphatic heterocycles. The second-order valence-electron chi connectivity index (χ2n) is 2.38. The van der Waals surface area contributed by atoms with Crippen molar-refractivity contribution >= 4 is 24.8 Å². The van der Waals surface area contributed by atoms with Crippen LogP contribution in [0.5, 0.6) is 0 Å². The minimum atomic E-state index is 0. The molecule has 0 saturated carbocycles. The lowest BCUT2D eigenvalue weighted by atomic mass is 10.1. The molecule has 0 aliphatic carbocycles. The maximum absolute atomic E-state index is 5.44. The van der Waals surface area contributed by atoms with E-state index in [2.05, 4.69) is 5.32 Å². The zero-order valence-corrected chi connectivity index (χ0v) is 7.64. The first-order chi connectivity index (χ1) is 3.93. The van der Waals surface area contributed by atoms with Crippen LogP contribution in [0, 0.1) is 0 Å². The van der Waals surface area contributed by atoms with Crippen LogP contribution in [0.1, 0.15) is 19.3 Å². The monoisotopic (exact) mass is 186 g/mol. The number of nitrogens with two attached hydrogens (primary N) is 1. The van der Waals surface area contributed by atoms with Gasteiger partial charge in [-0.2, -0.15) is 0 Å². The van der Waals surface area contributed by atoms with E-state index in [1.807, 2.05) is 0 Å². The fraction of sp³-hybridized carbons (Fsp3) is 1.00. The van der Waals surface area contributed by atoms with E-state index in [1.165, 1.54) is 25.8 Å². The zero-order chi connectivity index (χ0) is 5.82. The summed E-state index contributed by atoms with van der Waals surface area (Å²) in [6.07, 6.45) is 3.96. The van der Waals surface area contributed by atoms with Gasteiger partial charge in [0.15, 0.2) is 0 Å². The fourth-order valence-electron chi connectivity index (χ4n) is 1.13. The Kier molecular flexibility index (Phi) is 9.97. The summed E-state index contributed by atoms with van der Waals surface area (Å²) < 4.78 is 0. The molecule has 0 spiro atoms. The Hall–Kier alpha value is 0.500. The molecule has 3 N–H and O–H groups in total. The highest BCUT2D eigenvalue weighted by Gasteiger charge is 2.08. The van der Waals surface area contributed by atoms with Crippen LogP contribution in [0.15, 0.2) is 0 Å². The molecule has 0 amide bonds. The lowest BCUT2D eigenvalue weighted by Crippen LogP contribution is -2.39. The molecule has 4 heteroatoms. The molecular weight excluding hydrogens is 171 g/mol. The molecular formula is C6H16Cl2N2. The average Bonchev–Trinajstić information content (AvgIpc) is 1.90. The third-order valence-corrected chi connectivity index (χ3v) is 1.70. The molecule has 0 radical (unpaired) electrons. The van der Waals surface area contributed by atoms with E-state index >= 15 is 0 Å². The highest BCUT2D eigenvalue weighted by Crippen LogP contribution is 2.04. The Morgan fingerprint density at radius 3 is 2.30 bits per heavy atom. The molecule has 0 bridgehead atoms. The van der Waals surface area contributed by atoms with Gasteiger partial charge in [0.2, 0.25) is 0 Å². The van der Waals surface area contributed by atoms with Crippen LogP contribution < -0.4 is 11.1 Å². The van der Waals surface area contributed by atoms with Crippen molar-refractivity contribution < 1.29 is 0 Å². The van der Waals surface area contributed by atoms with Crippen LogP contribution in [0.4, 0.5) is 0 Å². The van der Waals surface area contributed by atoms with Crippen LogP contribution in [0.3, 0.4) is 0 Å². The zero-order valence-electron chi connectivity index (χ0n) is 6.01. The molecule has 1 fully saturated rings. The molecule has 0 unspecified atom stereocenters. The number of nitrogens with one attached hydrogen (secondary N) is 1. The van der Waals surface area contributed by atoms with Crippen LogP contribution in [0.2, 0.25) is 0 Å². The molecule has 1 aliphatic rings. The maximum Gasteiger partial charge on any atom is 0.0190 e. The van der Waals surface area contributed by atoms with Gasteiger partial charge in [0.25, 0.3) is 0 Å². The van der Waals surface area contributed by atoms with Gasteiger partial charge in [-0.15, -0.1) is 24.8 Å². The Bertz CT molecular complexity index is 64.8. The lowest BCUT2D eigenvalue weighted by Gasteiger charge is -2.21. The summed E-state index contributed by atoms with van der Waals surface area (Å²) >= 11 is 0. The van der Waals surface area contributed by atoms with Gasteiger partial charge in [0.05, 0.1) is 0 Å². The van der Waals surface area contributed by atoms with E-state index in [0.29, 0.717) is 6.04 Å². The Morgan fingerprint density at radius 2 is 2.00 bits per heavy atom. The van der Waals surface area contributed by atoms with Gasteiger partial charge in [0.1, 0.15) is 0 Å². The van der Waals surface area contributed by atoms with Crippen molar-refractivity contribution in [3.05, 3.63) is 0 Å². The van der Waals surface area contributed by atoms with Gasteiger partial charge < -0.3 is 11.1 Å². The van der Waals surface area contributed by atoms with E-state index in [4.69, 9.17) is 5.73 Å². The smallest absolute Gasteiger partial charge is 0.0190 e. The van der Waals surface area contributed by atoms with Crippen molar-refractivity contribution in [3.63, 3.8) is 0 Å². The normalized spacial score (nSPS) is 24.3. The highest BCUT2D eigenvalue weighted by molar-refractivity contribution is 5.85. The molecule has 0 aromatic rings. The van der Waals surface area contributed by atoms with Crippen molar-refractivity contribution in [1.82, 2.24) is 5.32 Å². The first-order valence-electron chi connectivity index (χ1n) is 3.37. The largest absolute Gasteiger partial charge is 0.329 e. The fourth-order valence-corrected chi connectivity index (χ4v) is 1.13. The van der Waals surface area contributed by atoms with Crippen molar-refractivity contribution in [2.45, 2.75) is 25.3 Å². The minimum absolute atomic E-state index is 0. The summed E-state index contributed by atoms with van der Waals surface area (Å²) in [6, 6.07) is 0.615. The van der Waals surface area contributed by atoms with Crippen molar-refractivity contribution in [1.29, 1.82) is 0 Å². The van der Waals surface area contributed by atoms with Gasteiger partial charge >= 0.3 is 0 Å². The van der Waals surface area contributed by atoms with Gasteiger partial charge in [-0.3, -0.25) is 0 Å². The van der Waals surface area contributed by atoms with Crippen molar-refractivity contribution in [2.75, 3.05) is 13.1 Å². The number of rotatable bonds is 1. The predicted molar refractivity (Wildman–Crippen MR) is 49.2 cm³/mol. The lowest BCUT2D eigenvalue weighted by molar-refractivity contribution is 0.407. The number of hydrogen-bond donors (Lipinski definition) is 2. The van der Waals surface area contributed by atoms with Gasteiger partial charge in [-0.1, -0.05) is 6.42 Å². The molecule has 0 aromatic carbocycles. The van der Waals surface area contributed by atoms with Crippen LogP contribution >= 0.6 is 24.8 Å². The first-order valence-corrected chi connectivity index (χ1v) is 3.37. The van der Waals surface area contributed by atoms with Crippen molar-refractivity contribution in [3.8, 4) is 0 Å². The second kappa shape index (κ2) is 7.61. The molecule has 64 valence electrons. The molecule has 1 rings (SSSR count). The Balaban J connectivity index is 0. The van der Waals surface area contributed by atoms with Crippen molar-refractivity contribution in [2.24, 2.45) is 5.73 Å². The average molecular weight is 187 g/mol. The first kappa shape index (κ1) is 13.1.